The van der Waals surface area contributed by atoms with Crippen molar-refractivity contribution in [1.29, 1.82) is 0 Å². The van der Waals surface area contributed by atoms with E-state index in [0.717, 1.165) is 24.9 Å². The average Bonchev–Trinajstić information content (AvgIpc) is 2.69. The Hall–Kier alpha value is -1.35. The van der Waals surface area contributed by atoms with Crippen molar-refractivity contribution in [2.45, 2.75) is 64.9 Å². The van der Waals surface area contributed by atoms with Gasteiger partial charge < -0.3 is 14.6 Å². The van der Waals surface area contributed by atoms with E-state index in [-0.39, 0.29) is 12.5 Å². The van der Waals surface area contributed by atoms with E-state index in [0.29, 0.717) is 18.8 Å². The average molecular weight is 505 g/mol. The molecule has 7 heteroatoms. The van der Waals surface area contributed by atoms with Crippen LogP contribution in [-0.2, 0) is 20.7 Å². The normalized spacial score (nSPS) is 11.8. The summed E-state index contributed by atoms with van der Waals surface area (Å²) in [5.74, 6) is -0.439. The maximum absolute atomic E-state index is 12.2. The van der Waals surface area contributed by atoms with E-state index in [4.69, 9.17) is 14.6 Å². The lowest BCUT2D eigenvalue weighted by Crippen LogP contribution is -2.27. The number of aliphatic carboxylic acids is 1. The lowest BCUT2D eigenvalue weighted by molar-refractivity contribution is -0.150. The molecule has 158 valence electrons. The van der Waals surface area contributed by atoms with Crippen molar-refractivity contribution in [2.75, 3.05) is 19.8 Å². The molecule has 0 aromatic heterocycles. The largest absolute Gasteiger partial charge is 0.484 e. The summed E-state index contributed by atoms with van der Waals surface area (Å²) in [6, 6.07) is 7.09. The van der Waals surface area contributed by atoms with E-state index in [1.54, 1.807) is 34.3 Å². The monoisotopic (exact) mass is 505 g/mol. The summed E-state index contributed by atoms with van der Waals surface area (Å²) in [7, 11) is 0. The van der Waals surface area contributed by atoms with Crippen molar-refractivity contribution in [2.24, 2.45) is 0 Å². The van der Waals surface area contributed by atoms with E-state index >= 15 is 0 Å². The van der Waals surface area contributed by atoms with E-state index in [1.165, 1.54) is 25.7 Å². The molecule has 1 rings (SSSR count). The highest BCUT2D eigenvalue weighted by atomic mass is 127. The molecule has 1 amide bonds. The van der Waals surface area contributed by atoms with Crippen LogP contribution in [0.2, 0.25) is 0 Å². The summed E-state index contributed by atoms with van der Waals surface area (Å²) in [6.07, 6.45) is 6.61. The third kappa shape index (κ3) is 10.3. The number of benzene rings is 1. The molecule has 1 aromatic carbocycles. The molecule has 0 fully saturated rings. The number of halogens is 1. The summed E-state index contributed by atoms with van der Waals surface area (Å²) >= 11 is 2.05. The molecular weight excluding hydrogens is 473 g/mol. The lowest BCUT2D eigenvalue weighted by atomic mass is 10.1. The van der Waals surface area contributed by atoms with Gasteiger partial charge in [0.25, 0.3) is 5.91 Å². The summed E-state index contributed by atoms with van der Waals surface area (Å²) in [6.45, 7) is 5.06. The highest BCUT2D eigenvalue weighted by Gasteiger charge is 2.18. The van der Waals surface area contributed by atoms with Crippen molar-refractivity contribution >= 4 is 34.7 Å². The van der Waals surface area contributed by atoms with Crippen LogP contribution >= 0.6 is 22.9 Å². The molecule has 0 saturated heterocycles. The minimum Gasteiger partial charge on any atom is -0.484 e. The van der Waals surface area contributed by atoms with Crippen molar-refractivity contribution in [3.05, 3.63) is 29.8 Å². The van der Waals surface area contributed by atoms with Gasteiger partial charge in [0.2, 0.25) is 0 Å². The minimum atomic E-state index is -0.972. The van der Waals surface area contributed by atoms with Gasteiger partial charge in [0.1, 0.15) is 5.75 Å². The SMILES string of the molecule is CCCCCCCCN(I)C(=O)COc1ccc(CC(OCC)C(=O)O)cc1. The second-order valence-corrected chi connectivity index (χ2v) is 7.83. The van der Waals surface area contributed by atoms with Gasteiger partial charge in [-0.1, -0.05) is 51.2 Å². The number of rotatable bonds is 15. The molecule has 0 bridgehead atoms. The summed E-state index contributed by atoms with van der Waals surface area (Å²) < 4.78 is 12.5. The topological polar surface area (TPSA) is 76.1 Å². The highest BCUT2D eigenvalue weighted by Crippen LogP contribution is 2.15. The van der Waals surface area contributed by atoms with Crippen LogP contribution in [0.3, 0.4) is 0 Å². The fourth-order valence-corrected chi connectivity index (χ4v) is 3.21. The molecule has 0 heterocycles. The quantitative estimate of drug-likeness (QED) is 0.214. The van der Waals surface area contributed by atoms with Crippen molar-refractivity contribution in [3.8, 4) is 5.75 Å². The zero-order valence-electron chi connectivity index (χ0n) is 16.9. The molecule has 1 aromatic rings. The third-order valence-corrected chi connectivity index (χ3v) is 5.35. The van der Waals surface area contributed by atoms with Crippen molar-refractivity contribution < 1.29 is 24.2 Å². The van der Waals surface area contributed by atoms with E-state index in [9.17, 15) is 9.59 Å². The fourth-order valence-electron chi connectivity index (χ4n) is 2.73. The molecule has 0 saturated carbocycles. The number of carbonyl (C=O) groups is 2. The first-order valence-corrected chi connectivity index (χ1v) is 11.0. The molecule has 0 aliphatic rings. The van der Waals surface area contributed by atoms with Crippen LogP contribution in [-0.4, -0.2) is 46.0 Å². The zero-order chi connectivity index (χ0) is 20.8. The number of carboxylic acids is 1. The van der Waals surface area contributed by atoms with Gasteiger partial charge in [0.05, 0.1) is 22.9 Å². The molecular formula is C21H32INO5. The number of amides is 1. The van der Waals surface area contributed by atoms with Crippen LogP contribution in [0.5, 0.6) is 5.75 Å². The van der Waals surface area contributed by atoms with Crippen LogP contribution in [0.4, 0.5) is 0 Å². The van der Waals surface area contributed by atoms with Gasteiger partial charge in [0, 0.05) is 19.6 Å². The number of hydrogen-bond donors (Lipinski definition) is 1. The standard InChI is InChI=1S/C21H32INO5/c1-3-5-6-7-8-9-14-23(22)20(24)16-28-18-12-10-17(11-13-18)15-19(21(25)26)27-4-2/h10-13,19H,3-9,14-16H2,1-2H3,(H,25,26). The zero-order valence-corrected chi connectivity index (χ0v) is 19.0. The minimum absolute atomic E-state index is 0.00514. The Kier molecular flexibility index (Phi) is 12.9. The molecule has 1 unspecified atom stereocenters. The van der Waals surface area contributed by atoms with Crippen LogP contribution < -0.4 is 4.74 Å². The molecule has 6 nitrogen and oxygen atoms in total. The van der Waals surface area contributed by atoms with Crippen LogP contribution in [0.1, 0.15) is 57.9 Å². The number of carbonyl (C=O) groups excluding carboxylic acids is 1. The maximum Gasteiger partial charge on any atom is 0.333 e. The number of nitrogens with zero attached hydrogens (tertiary/aromatic N) is 1. The Morgan fingerprint density at radius 2 is 1.71 bits per heavy atom. The maximum atomic E-state index is 12.2. The smallest absolute Gasteiger partial charge is 0.333 e. The van der Waals surface area contributed by atoms with Gasteiger partial charge in [0.15, 0.2) is 12.7 Å². The molecule has 0 radical (unpaired) electrons. The number of carboxylic acid groups (broad SMARTS) is 1. The van der Waals surface area contributed by atoms with Crippen LogP contribution in [0.25, 0.3) is 0 Å². The molecule has 0 aliphatic carbocycles. The van der Waals surface area contributed by atoms with Crippen LogP contribution in [0, 0.1) is 0 Å². The van der Waals surface area contributed by atoms with Gasteiger partial charge in [-0.25, -0.2) is 4.79 Å². The first-order chi connectivity index (χ1) is 13.5. The van der Waals surface area contributed by atoms with E-state index < -0.39 is 12.1 Å². The highest BCUT2D eigenvalue weighted by molar-refractivity contribution is 14.1. The second kappa shape index (κ2) is 14.6. The summed E-state index contributed by atoms with van der Waals surface area (Å²) in [5, 5.41) is 9.14. The number of hydrogen-bond acceptors (Lipinski definition) is 4. The first-order valence-electron chi connectivity index (χ1n) is 10.00. The lowest BCUT2D eigenvalue weighted by Gasteiger charge is -2.15. The molecule has 0 aliphatic heterocycles. The van der Waals surface area contributed by atoms with Gasteiger partial charge >= 0.3 is 5.97 Å². The molecule has 28 heavy (non-hydrogen) atoms. The molecule has 1 N–H and O–H groups in total. The first kappa shape index (κ1) is 24.7. The van der Waals surface area contributed by atoms with Crippen LogP contribution in [0.15, 0.2) is 24.3 Å². The number of ether oxygens (including phenoxy) is 2. The summed E-state index contributed by atoms with van der Waals surface area (Å²) in [5.41, 5.74) is 0.845. The Labute approximate surface area is 182 Å². The third-order valence-electron chi connectivity index (χ3n) is 4.33. The Bertz CT molecular complexity index is 579. The second-order valence-electron chi connectivity index (χ2n) is 6.67. The molecule has 1 atom stereocenters. The Morgan fingerprint density at radius 1 is 1.07 bits per heavy atom. The van der Waals surface area contributed by atoms with Gasteiger partial charge in [-0.2, -0.15) is 0 Å². The van der Waals surface area contributed by atoms with Gasteiger partial charge in [-0.3, -0.25) is 7.91 Å². The Morgan fingerprint density at radius 3 is 2.32 bits per heavy atom. The van der Waals surface area contributed by atoms with Gasteiger partial charge in [-0.05, 0) is 31.0 Å². The molecule has 0 spiro atoms. The Balaban J connectivity index is 2.33. The fraction of sp³-hybridized carbons (Fsp3) is 0.619. The van der Waals surface area contributed by atoms with Crippen molar-refractivity contribution in [1.82, 2.24) is 3.11 Å². The van der Waals surface area contributed by atoms with E-state index in [2.05, 4.69) is 6.92 Å². The van der Waals surface area contributed by atoms with Gasteiger partial charge in [-0.15, -0.1) is 0 Å². The predicted octanol–water partition coefficient (Wildman–Crippen LogP) is 4.64. The number of unbranched alkanes of at least 4 members (excludes halogenated alkanes) is 5. The van der Waals surface area contributed by atoms with Crippen molar-refractivity contribution in [3.63, 3.8) is 0 Å². The van der Waals surface area contributed by atoms with E-state index in [1.807, 2.05) is 22.9 Å². The predicted molar refractivity (Wildman–Crippen MR) is 118 cm³/mol. The summed E-state index contributed by atoms with van der Waals surface area (Å²) in [4.78, 5) is 23.3.